The summed E-state index contributed by atoms with van der Waals surface area (Å²) in [6.45, 7) is 2.49. The smallest absolute Gasteiger partial charge is 0.171 e. The van der Waals surface area contributed by atoms with Crippen molar-refractivity contribution in [1.82, 2.24) is 14.8 Å². The molecule has 3 rings (SSSR count). The molecule has 2 heterocycles. The molecule has 1 aliphatic heterocycles. The predicted molar refractivity (Wildman–Crippen MR) is 73.7 cm³/mol. The van der Waals surface area contributed by atoms with Gasteiger partial charge in [-0.15, -0.1) is 10.2 Å². The lowest BCUT2D eigenvalue weighted by molar-refractivity contribution is 0.101. The van der Waals surface area contributed by atoms with Gasteiger partial charge in [-0.05, 0) is 31.9 Å². The minimum Gasteiger partial charge on any atom is -0.485 e. The molecule has 0 radical (unpaired) electrons. The summed E-state index contributed by atoms with van der Waals surface area (Å²) in [6, 6.07) is 3.92. The summed E-state index contributed by atoms with van der Waals surface area (Å²) >= 11 is 0. The van der Waals surface area contributed by atoms with Crippen molar-refractivity contribution in [2.45, 2.75) is 39.3 Å². The minimum absolute atomic E-state index is 0.159. The highest BCUT2D eigenvalue weighted by molar-refractivity contribution is 5.96. The van der Waals surface area contributed by atoms with E-state index in [0.29, 0.717) is 11.4 Å². The van der Waals surface area contributed by atoms with Gasteiger partial charge < -0.3 is 9.30 Å². The lowest BCUT2D eigenvalue weighted by atomic mass is 10.1. The normalized spacial score (nSPS) is 13.8. The van der Waals surface area contributed by atoms with E-state index in [-0.39, 0.29) is 18.1 Å². The summed E-state index contributed by atoms with van der Waals surface area (Å²) in [4.78, 5) is 11.5. The summed E-state index contributed by atoms with van der Waals surface area (Å²) in [5.74, 6) is 1.33. The van der Waals surface area contributed by atoms with E-state index in [4.69, 9.17) is 4.74 Å². The molecule has 0 amide bonds. The molecule has 1 aromatic heterocycles. The van der Waals surface area contributed by atoms with Gasteiger partial charge in [0.15, 0.2) is 11.6 Å². The van der Waals surface area contributed by atoms with Crippen molar-refractivity contribution in [3.05, 3.63) is 41.2 Å². The SMILES string of the molecule is CC(=O)c1ccc(F)cc1OCc1nnc2n1CCCC2. The number of halogens is 1. The third-order valence-electron chi connectivity index (χ3n) is 3.62. The van der Waals surface area contributed by atoms with Gasteiger partial charge in [-0.1, -0.05) is 0 Å². The lowest BCUT2D eigenvalue weighted by Gasteiger charge is -2.15. The summed E-state index contributed by atoms with van der Waals surface area (Å²) < 4.78 is 21.0. The standard InChI is InChI=1S/C15H16FN3O2/c1-10(20)12-6-5-11(16)8-13(12)21-9-15-18-17-14-4-2-3-7-19(14)15/h5-6,8H,2-4,7,9H2,1H3. The van der Waals surface area contributed by atoms with E-state index in [1.807, 2.05) is 4.57 Å². The number of fused-ring (bicyclic) bond motifs is 1. The van der Waals surface area contributed by atoms with Gasteiger partial charge in [0.1, 0.15) is 24.0 Å². The molecule has 110 valence electrons. The molecule has 1 aliphatic rings. The van der Waals surface area contributed by atoms with Crippen LogP contribution in [0.4, 0.5) is 4.39 Å². The zero-order valence-electron chi connectivity index (χ0n) is 11.8. The average Bonchev–Trinajstić information content (AvgIpc) is 2.88. The largest absolute Gasteiger partial charge is 0.485 e. The number of benzene rings is 1. The Balaban J connectivity index is 1.80. The van der Waals surface area contributed by atoms with E-state index in [0.717, 1.165) is 31.6 Å². The van der Waals surface area contributed by atoms with Gasteiger partial charge in [0.05, 0.1) is 5.56 Å². The molecule has 2 aromatic rings. The average molecular weight is 289 g/mol. The van der Waals surface area contributed by atoms with Gasteiger partial charge in [0.25, 0.3) is 0 Å². The zero-order chi connectivity index (χ0) is 14.8. The van der Waals surface area contributed by atoms with Crippen LogP contribution in [0.1, 0.15) is 41.8 Å². The number of Topliss-reactive ketones (excluding diaryl/α,β-unsaturated/α-hetero) is 1. The molecule has 0 saturated carbocycles. The molecule has 0 N–H and O–H groups in total. The van der Waals surface area contributed by atoms with Gasteiger partial charge in [-0.2, -0.15) is 0 Å². The maximum Gasteiger partial charge on any atom is 0.171 e. The Hall–Kier alpha value is -2.24. The number of hydrogen-bond donors (Lipinski definition) is 0. The molecule has 0 fully saturated rings. The van der Waals surface area contributed by atoms with Gasteiger partial charge in [0, 0.05) is 19.0 Å². The Morgan fingerprint density at radius 3 is 3.05 bits per heavy atom. The topological polar surface area (TPSA) is 57.0 Å². The molecule has 1 aromatic carbocycles. The molecule has 0 saturated heterocycles. The van der Waals surface area contributed by atoms with Crippen molar-refractivity contribution in [1.29, 1.82) is 0 Å². The van der Waals surface area contributed by atoms with E-state index < -0.39 is 5.82 Å². The molecular formula is C15H16FN3O2. The second-order valence-electron chi connectivity index (χ2n) is 5.13. The Bertz CT molecular complexity index is 682. The van der Waals surface area contributed by atoms with E-state index in [1.54, 1.807) is 0 Å². The Morgan fingerprint density at radius 1 is 1.38 bits per heavy atom. The molecule has 0 unspecified atom stereocenters. The molecule has 0 bridgehead atoms. The van der Waals surface area contributed by atoms with Crippen LogP contribution >= 0.6 is 0 Å². The van der Waals surface area contributed by atoms with Crippen LogP contribution in [0.25, 0.3) is 0 Å². The van der Waals surface area contributed by atoms with Crippen molar-refractivity contribution in [2.75, 3.05) is 0 Å². The number of ether oxygens (including phenoxy) is 1. The monoisotopic (exact) mass is 289 g/mol. The van der Waals surface area contributed by atoms with E-state index in [2.05, 4.69) is 10.2 Å². The van der Waals surface area contributed by atoms with Gasteiger partial charge >= 0.3 is 0 Å². The summed E-state index contributed by atoms with van der Waals surface area (Å²) in [6.07, 6.45) is 3.14. The fraction of sp³-hybridized carbons (Fsp3) is 0.400. The van der Waals surface area contributed by atoms with Crippen LogP contribution in [-0.4, -0.2) is 20.5 Å². The first-order chi connectivity index (χ1) is 10.1. The van der Waals surface area contributed by atoms with Crippen molar-refractivity contribution < 1.29 is 13.9 Å². The van der Waals surface area contributed by atoms with E-state index in [9.17, 15) is 9.18 Å². The summed E-state index contributed by atoms with van der Waals surface area (Å²) in [7, 11) is 0. The fourth-order valence-electron chi connectivity index (χ4n) is 2.52. The minimum atomic E-state index is -0.432. The van der Waals surface area contributed by atoms with E-state index >= 15 is 0 Å². The molecule has 21 heavy (non-hydrogen) atoms. The molecule has 0 spiro atoms. The predicted octanol–water partition coefficient (Wildman–Crippen LogP) is 2.54. The number of carbonyl (C=O) groups is 1. The maximum absolute atomic E-state index is 13.3. The highest BCUT2D eigenvalue weighted by atomic mass is 19.1. The number of aromatic nitrogens is 3. The van der Waals surface area contributed by atoms with Gasteiger partial charge in [-0.3, -0.25) is 4.79 Å². The second kappa shape index (κ2) is 5.63. The lowest BCUT2D eigenvalue weighted by Crippen LogP contribution is -2.15. The van der Waals surface area contributed by atoms with Crippen LogP contribution in [0.3, 0.4) is 0 Å². The quantitative estimate of drug-likeness (QED) is 0.812. The third kappa shape index (κ3) is 2.79. The first-order valence-electron chi connectivity index (χ1n) is 6.99. The first kappa shape index (κ1) is 13.7. The number of nitrogens with zero attached hydrogens (tertiary/aromatic N) is 3. The Labute approximate surface area is 121 Å². The van der Waals surface area contributed by atoms with Gasteiger partial charge in [0.2, 0.25) is 0 Å². The molecule has 5 nitrogen and oxygen atoms in total. The third-order valence-corrected chi connectivity index (χ3v) is 3.62. The second-order valence-corrected chi connectivity index (χ2v) is 5.13. The Morgan fingerprint density at radius 2 is 2.24 bits per heavy atom. The van der Waals surface area contributed by atoms with Crippen molar-refractivity contribution in [3.8, 4) is 5.75 Å². The van der Waals surface area contributed by atoms with E-state index in [1.165, 1.54) is 25.1 Å². The number of ketones is 1. The number of carbonyl (C=O) groups excluding carboxylic acids is 1. The van der Waals surface area contributed by atoms with Crippen LogP contribution in [0, 0.1) is 5.82 Å². The molecular weight excluding hydrogens is 273 g/mol. The zero-order valence-corrected chi connectivity index (χ0v) is 11.8. The van der Waals surface area contributed by atoms with Crippen LogP contribution in [0.5, 0.6) is 5.75 Å². The summed E-state index contributed by atoms with van der Waals surface area (Å²) in [5.41, 5.74) is 0.370. The first-order valence-corrected chi connectivity index (χ1v) is 6.99. The number of rotatable bonds is 4. The molecule has 6 heteroatoms. The van der Waals surface area contributed by atoms with Crippen molar-refractivity contribution in [2.24, 2.45) is 0 Å². The van der Waals surface area contributed by atoms with Crippen LogP contribution in [-0.2, 0) is 19.6 Å². The Kier molecular flexibility index (Phi) is 3.68. The van der Waals surface area contributed by atoms with Crippen molar-refractivity contribution >= 4 is 5.78 Å². The molecule has 0 aliphatic carbocycles. The number of hydrogen-bond acceptors (Lipinski definition) is 4. The maximum atomic E-state index is 13.3. The van der Waals surface area contributed by atoms with Crippen molar-refractivity contribution in [3.63, 3.8) is 0 Å². The van der Waals surface area contributed by atoms with Crippen LogP contribution in [0.15, 0.2) is 18.2 Å². The fourth-order valence-corrected chi connectivity index (χ4v) is 2.52. The van der Waals surface area contributed by atoms with Crippen LogP contribution < -0.4 is 4.74 Å². The number of aryl methyl sites for hydroxylation is 1. The summed E-state index contributed by atoms with van der Waals surface area (Å²) in [5, 5.41) is 8.26. The highest BCUT2D eigenvalue weighted by Gasteiger charge is 2.17. The highest BCUT2D eigenvalue weighted by Crippen LogP contribution is 2.22. The van der Waals surface area contributed by atoms with Crippen LogP contribution in [0.2, 0.25) is 0 Å². The van der Waals surface area contributed by atoms with Gasteiger partial charge in [-0.25, -0.2) is 4.39 Å². The molecule has 0 atom stereocenters.